The molecule has 1 amide bonds. The van der Waals surface area contributed by atoms with Gasteiger partial charge in [-0.25, -0.2) is 9.37 Å². The normalized spacial score (nSPS) is 11.8. The zero-order chi connectivity index (χ0) is 17.8. The minimum atomic E-state index is -0.664. The van der Waals surface area contributed by atoms with Crippen LogP contribution in [0.2, 0.25) is 0 Å². The third kappa shape index (κ3) is 4.42. The van der Waals surface area contributed by atoms with Crippen LogP contribution < -0.4 is 10.1 Å². The van der Waals surface area contributed by atoms with Gasteiger partial charge >= 0.3 is 0 Å². The molecule has 1 unspecified atom stereocenters. The fraction of sp³-hybridized carbons (Fsp3) is 0.158. The van der Waals surface area contributed by atoms with Gasteiger partial charge in [-0.15, -0.1) is 11.3 Å². The number of anilines is 1. The Labute approximate surface area is 149 Å². The number of nitrogens with zero attached hydrogens (tertiary/aromatic N) is 1. The van der Waals surface area contributed by atoms with Gasteiger partial charge in [-0.2, -0.15) is 0 Å². The second kappa shape index (κ2) is 7.44. The number of aryl methyl sites for hydroxylation is 1. The van der Waals surface area contributed by atoms with Gasteiger partial charge in [0.05, 0.1) is 5.69 Å². The lowest BCUT2D eigenvalue weighted by Gasteiger charge is -2.14. The second-order valence-electron chi connectivity index (χ2n) is 5.61. The van der Waals surface area contributed by atoms with E-state index >= 15 is 0 Å². The van der Waals surface area contributed by atoms with Gasteiger partial charge in [0, 0.05) is 10.9 Å². The molecular weight excluding hydrogens is 339 g/mol. The highest BCUT2D eigenvalue weighted by Crippen LogP contribution is 2.25. The summed E-state index contributed by atoms with van der Waals surface area (Å²) in [7, 11) is 0. The van der Waals surface area contributed by atoms with Crippen LogP contribution in [-0.4, -0.2) is 17.0 Å². The summed E-state index contributed by atoms with van der Waals surface area (Å²) in [5, 5.41) is 4.95. The van der Waals surface area contributed by atoms with E-state index in [1.54, 1.807) is 24.4 Å². The average Bonchev–Trinajstić information content (AvgIpc) is 3.03. The highest BCUT2D eigenvalue weighted by atomic mass is 32.1. The number of hydrogen-bond donors (Lipinski definition) is 1. The molecule has 0 radical (unpaired) electrons. The van der Waals surface area contributed by atoms with Crippen LogP contribution in [-0.2, 0) is 4.79 Å². The standard InChI is InChI=1S/C19H17FN2O2S/c1-12-5-3-8-16(9-12)24-13(2)18(23)22-19-21-17(11-25-19)14-6-4-7-15(20)10-14/h3-11,13H,1-2H3,(H,21,22,23). The average molecular weight is 356 g/mol. The van der Waals surface area contributed by atoms with Crippen LogP contribution in [0.5, 0.6) is 5.75 Å². The van der Waals surface area contributed by atoms with Gasteiger partial charge in [-0.1, -0.05) is 24.3 Å². The van der Waals surface area contributed by atoms with E-state index in [1.807, 2.05) is 31.2 Å². The molecule has 2 aromatic carbocycles. The number of rotatable bonds is 5. The van der Waals surface area contributed by atoms with Gasteiger partial charge in [0.2, 0.25) is 0 Å². The number of thiazole rings is 1. The Bertz CT molecular complexity index is 894. The monoisotopic (exact) mass is 356 g/mol. The highest BCUT2D eigenvalue weighted by molar-refractivity contribution is 7.14. The lowest BCUT2D eigenvalue weighted by molar-refractivity contribution is -0.122. The molecule has 0 saturated carbocycles. The summed E-state index contributed by atoms with van der Waals surface area (Å²) in [6, 6.07) is 13.7. The molecule has 0 aliphatic heterocycles. The first-order chi connectivity index (χ1) is 12.0. The summed E-state index contributed by atoms with van der Waals surface area (Å²) < 4.78 is 19.0. The smallest absolute Gasteiger partial charge is 0.266 e. The molecule has 1 atom stereocenters. The van der Waals surface area contributed by atoms with Gasteiger partial charge in [0.15, 0.2) is 11.2 Å². The fourth-order valence-electron chi connectivity index (χ4n) is 2.26. The summed E-state index contributed by atoms with van der Waals surface area (Å²) >= 11 is 1.28. The van der Waals surface area contributed by atoms with Crippen molar-refractivity contribution >= 4 is 22.4 Å². The molecule has 6 heteroatoms. The molecule has 128 valence electrons. The molecule has 0 fully saturated rings. The Morgan fingerprint density at radius 1 is 1.24 bits per heavy atom. The Kier molecular flexibility index (Phi) is 5.09. The molecule has 1 N–H and O–H groups in total. The summed E-state index contributed by atoms with van der Waals surface area (Å²) in [4.78, 5) is 16.6. The van der Waals surface area contributed by atoms with Crippen LogP contribution in [0.4, 0.5) is 9.52 Å². The van der Waals surface area contributed by atoms with Crippen LogP contribution in [0.15, 0.2) is 53.9 Å². The number of ether oxygens (including phenoxy) is 1. The van der Waals surface area contributed by atoms with Crippen molar-refractivity contribution < 1.29 is 13.9 Å². The van der Waals surface area contributed by atoms with Crippen molar-refractivity contribution in [2.24, 2.45) is 0 Å². The predicted octanol–water partition coefficient (Wildman–Crippen LogP) is 4.66. The van der Waals surface area contributed by atoms with E-state index in [9.17, 15) is 9.18 Å². The number of carbonyl (C=O) groups excluding carboxylic acids is 1. The molecule has 1 aromatic heterocycles. The van der Waals surface area contributed by atoms with Gasteiger partial charge in [-0.05, 0) is 43.7 Å². The van der Waals surface area contributed by atoms with E-state index in [2.05, 4.69) is 10.3 Å². The molecule has 1 heterocycles. The van der Waals surface area contributed by atoms with Crippen molar-refractivity contribution in [3.8, 4) is 17.0 Å². The van der Waals surface area contributed by atoms with Crippen LogP contribution in [0.3, 0.4) is 0 Å². The first-order valence-corrected chi connectivity index (χ1v) is 8.65. The van der Waals surface area contributed by atoms with Gasteiger partial charge in [0.25, 0.3) is 5.91 Å². The van der Waals surface area contributed by atoms with Crippen LogP contribution in [0, 0.1) is 12.7 Å². The number of aromatic nitrogens is 1. The topological polar surface area (TPSA) is 51.2 Å². The van der Waals surface area contributed by atoms with Crippen molar-refractivity contribution in [3.05, 3.63) is 65.3 Å². The van der Waals surface area contributed by atoms with E-state index < -0.39 is 6.10 Å². The predicted molar refractivity (Wildman–Crippen MR) is 97.4 cm³/mol. The minimum absolute atomic E-state index is 0.290. The van der Waals surface area contributed by atoms with Crippen molar-refractivity contribution in [1.82, 2.24) is 4.98 Å². The first kappa shape index (κ1) is 17.1. The lowest BCUT2D eigenvalue weighted by Crippen LogP contribution is -2.30. The van der Waals surface area contributed by atoms with Gasteiger partial charge in [-0.3, -0.25) is 10.1 Å². The maximum Gasteiger partial charge on any atom is 0.266 e. The zero-order valence-corrected chi connectivity index (χ0v) is 14.6. The lowest BCUT2D eigenvalue weighted by atomic mass is 10.2. The van der Waals surface area contributed by atoms with Crippen molar-refractivity contribution in [3.63, 3.8) is 0 Å². The molecule has 25 heavy (non-hydrogen) atoms. The molecule has 4 nitrogen and oxygen atoms in total. The third-order valence-corrected chi connectivity index (χ3v) is 4.28. The van der Waals surface area contributed by atoms with Crippen molar-refractivity contribution in [2.45, 2.75) is 20.0 Å². The maximum absolute atomic E-state index is 13.3. The fourth-order valence-corrected chi connectivity index (χ4v) is 2.99. The van der Waals surface area contributed by atoms with E-state index in [0.717, 1.165) is 5.56 Å². The molecule has 0 saturated heterocycles. The third-order valence-electron chi connectivity index (χ3n) is 3.53. The molecule has 0 bridgehead atoms. The van der Waals surface area contributed by atoms with Crippen molar-refractivity contribution in [2.75, 3.05) is 5.32 Å². The van der Waals surface area contributed by atoms with Crippen LogP contribution >= 0.6 is 11.3 Å². The first-order valence-electron chi connectivity index (χ1n) is 7.77. The van der Waals surface area contributed by atoms with E-state index in [-0.39, 0.29) is 11.7 Å². The largest absolute Gasteiger partial charge is 0.481 e. The molecule has 3 aromatic rings. The Morgan fingerprint density at radius 2 is 2.04 bits per heavy atom. The number of nitrogens with one attached hydrogen (secondary N) is 1. The van der Waals surface area contributed by atoms with E-state index in [0.29, 0.717) is 22.1 Å². The molecule has 3 rings (SSSR count). The van der Waals surface area contributed by atoms with Crippen LogP contribution in [0.25, 0.3) is 11.3 Å². The van der Waals surface area contributed by atoms with Crippen LogP contribution in [0.1, 0.15) is 12.5 Å². The summed E-state index contributed by atoms with van der Waals surface area (Å²) in [6.45, 7) is 3.64. The quantitative estimate of drug-likeness (QED) is 0.723. The molecule has 0 spiro atoms. The Balaban J connectivity index is 1.65. The minimum Gasteiger partial charge on any atom is -0.481 e. The maximum atomic E-state index is 13.3. The number of benzene rings is 2. The zero-order valence-electron chi connectivity index (χ0n) is 13.8. The number of halogens is 1. The number of hydrogen-bond acceptors (Lipinski definition) is 4. The van der Waals surface area contributed by atoms with E-state index in [4.69, 9.17) is 4.74 Å². The Morgan fingerprint density at radius 3 is 2.80 bits per heavy atom. The molecule has 0 aliphatic carbocycles. The SMILES string of the molecule is Cc1cccc(OC(C)C(=O)Nc2nc(-c3cccc(F)c3)cs2)c1. The second-order valence-corrected chi connectivity index (χ2v) is 6.47. The number of amides is 1. The highest BCUT2D eigenvalue weighted by Gasteiger charge is 2.17. The number of carbonyl (C=O) groups is 1. The molecular formula is C19H17FN2O2S. The summed E-state index contributed by atoms with van der Waals surface area (Å²) in [6.07, 6.45) is -0.664. The summed E-state index contributed by atoms with van der Waals surface area (Å²) in [5.41, 5.74) is 2.35. The van der Waals surface area contributed by atoms with Gasteiger partial charge < -0.3 is 4.74 Å². The van der Waals surface area contributed by atoms with Gasteiger partial charge in [0.1, 0.15) is 11.6 Å². The molecule has 0 aliphatic rings. The Hall–Kier alpha value is -2.73. The van der Waals surface area contributed by atoms with Crippen molar-refractivity contribution in [1.29, 1.82) is 0 Å². The summed E-state index contributed by atoms with van der Waals surface area (Å²) in [5.74, 6) is 0.0279. The van der Waals surface area contributed by atoms with E-state index in [1.165, 1.54) is 23.5 Å².